The first-order valence-corrected chi connectivity index (χ1v) is 11.6. The van der Waals surface area contributed by atoms with E-state index < -0.39 is 0 Å². The van der Waals surface area contributed by atoms with Gasteiger partial charge in [-0.3, -0.25) is 9.67 Å². The van der Waals surface area contributed by atoms with Gasteiger partial charge in [0.15, 0.2) is 0 Å². The van der Waals surface area contributed by atoms with Gasteiger partial charge in [-0.05, 0) is 37.3 Å². The van der Waals surface area contributed by atoms with Crippen LogP contribution in [0.1, 0.15) is 66.9 Å². The molecule has 0 radical (unpaired) electrons. The van der Waals surface area contributed by atoms with E-state index in [-0.39, 0.29) is 5.50 Å². The van der Waals surface area contributed by atoms with E-state index in [9.17, 15) is 0 Å². The first-order valence-electron chi connectivity index (χ1n) is 10.7. The molecule has 0 saturated carbocycles. The third-order valence-electron chi connectivity index (χ3n) is 4.13. The topological polar surface area (TPSA) is 54.2 Å². The largest absolute Gasteiger partial charge is 0.360 e. The normalized spacial score (nSPS) is 19.3. The van der Waals surface area contributed by atoms with Gasteiger partial charge in [0.25, 0.3) is 0 Å². The number of nitrogens with one attached hydrogen (secondary N) is 2. The number of aliphatic imine (C=N–C) groups is 1. The number of hydrogen-bond donors (Lipinski definition) is 2. The summed E-state index contributed by atoms with van der Waals surface area (Å²) in [7, 11) is 0. The number of nitrogens with zero attached hydrogens (tertiary/aromatic N) is 3. The van der Waals surface area contributed by atoms with E-state index in [1.54, 1.807) is 11.8 Å². The van der Waals surface area contributed by atoms with Crippen LogP contribution in [0, 0.1) is 0 Å². The fraction of sp³-hybridized carbons (Fsp3) is 0.478. The van der Waals surface area contributed by atoms with Crippen molar-refractivity contribution in [1.29, 1.82) is 0 Å². The lowest BCUT2D eigenvalue weighted by Crippen LogP contribution is -2.37. The summed E-state index contributed by atoms with van der Waals surface area (Å²) in [5.74, 6) is 0. The van der Waals surface area contributed by atoms with Crippen LogP contribution in [0.5, 0.6) is 0 Å². The van der Waals surface area contributed by atoms with Crippen molar-refractivity contribution in [2.45, 2.75) is 73.4 Å². The number of aryl methyl sites for hydroxylation is 1. The first-order chi connectivity index (χ1) is 14.2. The maximum atomic E-state index is 4.79. The Balaban J connectivity index is 0.000000989. The van der Waals surface area contributed by atoms with Gasteiger partial charge < -0.3 is 10.6 Å². The highest BCUT2D eigenvalue weighted by Gasteiger charge is 2.17. The maximum absolute atomic E-state index is 4.79. The summed E-state index contributed by atoms with van der Waals surface area (Å²) in [6.45, 7) is 15.2. The number of hydrogen-bond acceptors (Lipinski definition) is 5. The van der Waals surface area contributed by atoms with Crippen LogP contribution in [0.15, 0.2) is 58.6 Å². The van der Waals surface area contributed by atoms with Crippen LogP contribution in [-0.2, 0) is 6.54 Å². The molecule has 0 fully saturated rings. The Kier molecular flexibility index (Phi) is 11.9. The van der Waals surface area contributed by atoms with Crippen molar-refractivity contribution in [2.24, 2.45) is 4.99 Å². The fourth-order valence-corrected chi connectivity index (χ4v) is 3.55. The minimum Gasteiger partial charge on any atom is -0.360 e. The highest BCUT2D eigenvalue weighted by Crippen LogP contribution is 2.21. The molecule has 0 amide bonds. The van der Waals surface area contributed by atoms with Crippen molar-refractivity contribution >= 4 is 23.0 Å². The van der Waals surface area contributed by atoms with Crippen molar-refractivity contribution < 1.29 is 0 Å². The van der Waals surface area contributed by atoms with Gasteiger partial charge in [0, 0.05) is 36.6 Å². The molecule has 29 heavy (non-hydrogen) atoms. The average molecular weight is 416 g/mol. The van der Waals surface area contributed by atoms with E-state index in [1.165, 1.54) is 11.3 Å². The molecule has 1 aromatic heterocycles. The zero-order valence-corrected chi connectivity index (χ0v) is 19.8. The molecule has 2 N–H and O–H groups in total. The van der Waals surface area contributed by atoms with E-state index in [0.717, 1.165) is 36.4 Å². The van der Waals surface area contributed by atoms with Crippen molar-refractivity contribution in [3.63, 3.8) is 0 Å². The standard InChI is InChI=1S/C19H25N5S.2C2H6/c1-4-15(16-11-21-24(5-2)12-16)10-20-17-8-6-7-9-18(17)23-19-22-14(3)13-25-19;2*1-2/h6-7,9-13,19,22-23H,4-5,8H2,1-3H3;2*1-2H3/b15-10+,20-17?;;. The van der Waals surface area contributed by atoms with Crippen molar-refractivity contribution in [1.82, 2.24) is 20.4 Å². The van der Waals surface area contributed by atoms with Gasteiger partial charge >= 0.3 is 0 Å². The summed E-state index contributed by atoms with van der Waals surface area (Å²) < 4.78 is 1.94. The monoisotopic (exact) mass is 415 g/mol. The predicted octanol–water partition coefficient (Wildman–Crippen LogP) is 6.06. The van der Waals surface area contributed by atoms with Gasteiger partial charge in [0.2, 0.25) is 0 Å². The van der Waals surface area contributed by atoms with Gasteiger partial charge in [-0.2, -0.15) is 5.10 Å². The zero-order valence-electron chi connectivity index (χ0n) is 19.0. The molecule has 1 aromatic rings. The molecule has 1 atom stereocenters. The molecule has 2 aliphatic rings. The van der Waals surface area contributed by atoms with E-state index in [2.05, 4.69) is 66.3 Å². The van der Waals surface area contributed by atoms with Crippen molar-refractivity contribution in [3.8, 4) is 0 Å². The molecule has 5 nitrogen and oxygen atoms in total. The molecule has 0 spiro atoms. The minimum absolute atomic E-state index is 0.167. The second-order valence-electron chi connectivity index (χ2n) is 5.99. The predicted molar refractivity (Wildman–Crippen MR) is 130 cm³/mol. The lowest BCUT2D eigenvalue weighted by atomic mass is 10.1. The van der Waals surface area contributed by atoms with Gasteiger partial charge in [-0.15, -0.1) is 0 Å². The molecule has 6 heteroatoms. The molecule has 1 aliphatic carbocycles. The van der Waals surface area contributed by atoms with Crippen LogP contribution in [0.4, 0.5) is 0 Å². The highest BCUT2D eigenvalue weighted by molar-refractivity contribution is 8.02. The average Bonchev–Trinajstić information content (AvgIpc) is 3.41. The minimum atomic E-state index is 0.167. The molecule has 1 unspecified atom stereocenters. The Morgan fingerprint density at radius 2 is 2.10 bits per heavy atom. The van der Waals surface area contributed by atoms with Crippen molar-refractivity contribution in [2.75, 3.05) is 0 Å². The third-order valence-corrected chi connectivity index (χ3v) is 5.13. The molecule has 160 valence electrons. The summed E-state index contributed by atoms with van der Waals surface area (Å²) >= 11 is 1.75. The van der Waals surface area contributed by atoms with Gasteiger partial charge in [0.1, 0.15) is 5.50 Å². The Bertz CT molecular complexity index is 768. The molecule has 0 bridgehead atoms. The molecule has 2 heterocycles. The van der Waals surface area contributed by atoms with Crippen LogP contribution in [0.25, 0.3) is 5.57 Å². The summed E-state index contributed by atoms with van der Waals surface area (Å²) in [4.78, 5) is 4.79. The fourth-order valence-electron chi connectivity index (χ4n) is 2.69. The van der Waals surface area contributed by atoms with Gasteiger partial charge in [0.05, 0.1) is 17.6 Å². The molecular formula is C23H37N5S. The zero-order chi connectivity index (χ0) is 21.6. The Labute approximate surface area is 181 Å². The van der Waals surface area contributed by atoms with Crippen LogP contribution >= 0.6 is 11.8 Å². The Morgan fingerprint density at radius 3 is 2.69 bits per heavy atom. The van der Waals surface area contributed by atoms with Crippen LogP contribution in [0.3, 0.4) is 0 Å². The number of aromatic nitrogens is 2. The number of allylic oxidation sites excluding steroid dienone is 6. The Morgan fingerprint density at radius 1 is 1.34 bits per heavy atom. The molecular weight excluding hydrogens is 378 g/mol. The van der Waals surface area contributed by atoms with E-state index in [0.29, 0.717) is 0 Å². The quantitative estimate of drug-likeness (QED) is 0.593. The highest BCUT2D eigenvalue weighted by atomic mass is 32.2. The molecule has 0 saturated heterocycles. The van der Waals surface area contributed by atoms with Gasteiger partial charge in [-0.25, -0.2) is 0 Å². The molecule has 1 aliphatic heterocycles. The smallest absolute Gasteiger partial charge is 0.149 e. The van der Waals surface area contributed by atoms with Crippen LogP contribution < -0.4 is 10.6 Å². The lowest BCUT2D eigenvalue weighted by molar-refractivity contribution is 0.659. The second kappa shape index (κ2) is 13.9. The van der Waals surface area contributed by atoms with E-state index in [4.69, 9.17) is 4.99 Å². The SMILES string of the molecule is CC.CC.CC/C(=C\N=C1CC=CC=C1NC1NC(C)=CS1)c1cnn(CC)c1. The number of rotatable bonds is 6. The summed E-state index contributed by atoms with van der Waals surface area (Å²) in [5, 5.41) is 13.4. The second-order valence-corrected chi connectivity index (χ2v) is 6.97. The lowest BCUT2D eigenvalue weighted by Gasteiger charge is -2.20. The third kappa shape index (κ3) is 7.61. The molecule has 0 aromatic carbocycles. The summed E-state index contributed by atoms with van der Waals surface area (Å²) in [6.07, 6.45) is 14.1. The van der Waals surface area contributed by atoms with Crippen molar-refractivity contribution in [3.05, 3.63) is 59.2 Å². The first kappa shape index (κ1) is 24.8. The van der Waals surface area contributed by atoms with E-state index >= 15 is 0 Å². The summed E-state index contributed by atoms with van der Waals surface area (Å²) in [6, 6.07) is 0. The van der Waals surface area contributed by atoms with Gasteiger partial charge in [-0.1, -0.05) is 58.5 Å². The summed E-state index contributed by atoms with van der Waals surface area (Å²) in [5.41, 5.74) is 5.84. The Hall–Kier alpha value is -2.21. The maximum Gasteiger partial charge on any atom is 0.149 e. The van der Waals surface area contributed by atoms with Crippen LogP contribution in [0.2, 0.25) is 0 Å². The number of thioether (sulfide) groups is 1. The van der Waals surface area contributed by atoms with E-state index in [1.807, 2.05) is 44.8 Å². The van der Waals surface area contributed by atoms with Crippen LogP contribution in [-0.4, -0.2) is 21.0 Å². The molecule has 3 rings (SSSR count).